The SMILES string of the molecule is Cc1ccc(NC(=O)C(C)n2ncc(Cl)c(Cl)c2=O)cc1S(=O)(=O)NCC(c1ccccc1)c1ccccc1. The number of carbonyl (C=O) groups is 1. The molecule has 1 atom stereocenters. The van der Waals surface area contributed by atoms with Crippen molar-refractivity contribution in [1.29, 1.82) is 0 Å². The molecule has 4 aromatic rings. The molecular formula is C28H26Cl2N4O4S. The van der Waals surface area contributed by atoms with Gasteiger partial charge in [0.1, 0.15) is 11.1 Å². The highest BCUT2D eigenvalue weighted by molar-refractivity contribution is 7.89. The van der Waals surface area contributed by atoms with Gasteiger partial charge in [-0.15, -0.1) is 0 Å². The van der Waals surface area contributed by atoms with Crippen molar-refractivity contribution in [3.05, 3.63) is 122 Å². The van der Waals surface area contributed by atoms with E-state index in [1.807, 2.05) is 60.7 Å². The van der Waals surface area contributed by atoms with Crippen molar-refractivity contribution in [2.75, 3.05) is 11.9 Å². The summed E-state index contributed by atoms with van der Waals surface area (Å²) in [5.74, 6) is -0.792. The lowest BCUT2D eigenvalue weighted by atomic mass is 9.92. The molecule has 8 nitrogen and oxygen atoms in total. The quantitative estimate of drug-likeness (QED) is 0.282. The third-order valence-corrected chi connectivity index (χ3v) is 8.59. The molecule has 0 fully saturated rings. The number of halogens is 2. The van der Waals surface area contributed by atoms with Crippen LogP contribution >= 0.6 is 23.2 Å². The normalized spacial score (nSPS) is 12.3. The number of carbonyl (C=O) groups excluding carboxylic acids is 1. The first-order valence-corrected chi connectivity index (χ1v) is 14.3. The van der Waals surface area contributed by atoms with Crippen molar-refractivity contribution in [3.63, 3.8) is 0 Å². The Morgan fingerprint density at radius 3 is 2.15 bits per heavy atom. The average Bonchev–Trinajstić information content (AvgIpc) is 2.93. The maximum absolute atomic E-state index is 13.4. The Hall–Kier alpha value is -3.50. The molecule has 3 aromatic carbocycles. The average molecular weight is 586 g/mol. The largest absolute Gasteiger partial charge is 0.324 e. The van der Waals surface area contributed by atoms with Crippen molar-refractivity contribution in [3.8, 4) is 0 Å². The van der Waals surface area contributed by atoms with E-state index in [2.05, 4.69) is 15.1 Å². The monoisotopic (exact) mass is 584 g/mol. The highest BCUT2D eigenvalue weighted by Crippen LogP contribution is 2.26. The number of hydrogen-bond acceptors (Lipinski definition) is 5. The van der Waals surface area contributed by atoms with Crippen molar-refractivity contribution >= 4 is 44.8 Å². The van der Waals surface area contributed by atoms with Crippen molar-refractivity contribution in [1.82, 2.24) is 14.5 Å². The van der Waals surface area contributed by atoms with Crippen LogP contribution in [0.1, 0.15) is 35.6 Å². The summed E-state index contributed by atoms with van der Waals surface area (Å²) in [7, 11) is -3.95. The van der Waals surface area contributed by atoms with Gasteiger partial charge in [0.2, 0.25) is 15.9 Å². The molecule has 0 aliphatic heterocycles. The summed E-state index contributed by atoms with van der Waals surface area (Å²) in [5.41, 5.74) is 1.99. The maximum Gasteiger partial charge on any atom is 0.287 e. The van der Waals surface area contributed by atoms with Crippen LogP contribution in [0.15, 0.2) is 94.7 Å². The van der Waals surface area contributed by atoms with Crippen LogP contribution in [0.5, 0.6) is 0 Å². The summed E-state index contributed by atoms with van der Waals surface area (Å²) in [6, 6.07) is 22.9. The van der Waals surface area contributed by atoms with E-state index in [-0.39, 0.29) is 33.1 Å². The summed E-state index contributed by atoms with van der Waals surface area (Å²) in [6.45, 7) is 3.28. The van der Waals surface area contributed by atoms with Gasteiger partial charge >= 0.3 is 0 Å². The molecule has 0 spiro atoms. The fourth-order valence-electron chi connectivity index (χ4n) is 4.10. The molecule has 202 valence electrons. The Labute approximate surface area is 236 Å². The Morgan fingerprint density at radius 2 is 1.56 bits per heavy atom. The van der Waals surface area contributed by atoms with Gasteiger partial charge in [0, 0.05) is 18.2 Å². The smallest absolute Gasteiger partial charge is 0.287 e. The molecule has 4 rings (SSSR count). The van der Waals surface area contributed by atoms with E-state index < -0.39 is 27.5 Å². The standard InChI is InChI=1S/C28H26Cl2N4O4S/c1-18-13-14-22(33-27(35)19(2)34-28(36)26(30)24(29)17-31-34)15-25(18)39(37,38)32-16-23(20-9-5-3-6-10-20)21-11-7-4-8-12-21/h3-15,17,19,23,32H,16H2,1-2H3,(H,33,35). The van der Waals surface area contributed by atoms with E-state index >= 15 is 0 Å². The first-order chi connectivity index (χ1) is 18.6. The number of nitrogens with one attached hydrogen (secondary N) is 2. The molecule has 2 N–H and O–H groups in total. The number of aromatic nitrogens is 2. The van der Waals surface area contributed by atoms with Crippen molar-refractivity contribution in [2.24, 2.45) is 0 Å². The third kappa shape index (κ3) is 6.57. The molecule has 1 heterocycles. The van der Waals surface area contributed by atoms with Crippen LogP contribution in [0.4, 0.5) is 5.69 Å². The van der Waals surface area contributed by atoms with Crippen LogP contribution < -0.4 is 15.6 Å². The number of amides is 1. The van der Waals surface area contributed by atoms with Gasteiger partial charge in [0.05, 0.1) is 16.1 Å². The zero-order chi connectivity index (χ0) is 28.2. The van der Waals surface area contributed by atoms with Crippen LogP contribution in [0.2, 0.25) is 10.0 Å². The van der Waals surface area contributed by atoms with Crippen LogP contribution in [0.3, 0.4) is 0 Å². The molecule has 1 unspecified atom stereocenters. The summed E-state index contributed by atoms with van der Waals surface area (Å²) in [4.78, 5) is 25.3. The number of anilines is 1. The zero-order valence-electron chi connectivity index (χ0n) is 21.1. The predicted octanol–water partition coefficient (Wildman–Crippen LogP) is 5.17. The van der Waals surface area contributed by atoms with Gasteiger partial charge < -0.3 is 5.32 Å². The van der Waals surface area contributed by atoms with E-state index in [0.717, 1.165) is 15.8 Å². The first kappa shape index (κ1) is 28.5. The molecular weight excluding hydrogens is 559 g/mol. The number of aryl methyl sites for hydroxylation is 1. The highest BCUT2D eigenvalue weighted by atomic mass is 35.5. The van der Waals surface area contributed by atoms with Gasteiger partial charge in [-0.2, -0.15) is 5.10 Å². The van der Waals surface area contributed by atoms with Crippen molar-refractivity contribution in [2.45, 2.75) is 30.7 Å². The zero-order valence-corrected chi connectivity index (χ0v) is 23.5. The van der Waals surface area contributed by atoms with Crippen molar-refractivity contribution < 1.29 is 13.2 Å². The summed E-state index contributed by atoms with van der Waals surface area (Å²) in [5, 5.41) is 6.27. The van der Waals surface area contributed by atoms with E-state index in [1.165, 1.54) is 19.2 Å². The Kier molecular flexibility index (Phi) is 8.87. The molecule has 11 heteroatoms. The van der Waals surface area contributed by atoms with Gasteiger partial charge in [0.15, 0.2) is 0 Å². The number of benzene rings is 3. The minimum absolute atomic E-state index is 0.0202. The van der Waals surface area contributed by atoms with Gasteiger partial charge in [-0.1, -0.05) is 89.9 Å². The van der Waals surface area contributed by atoms with Crippen LogP contribution in [0, 0.1) is 6.92 Å². The Morgan fingerprint density at radius 1 is 0.974 bits per heavy atom. The van der Waals surface area contributed by atoms with Crippen LogP contribution in [0.25, 0.3) is 0 Å². The molecule has 0 aliphatic carbocycles. The molecule has 0 aliphatic rings. The van der Waals surface area contributed by atoms with Gasteiger partial charge in [-0.3, -0.25) is 9.59 Å². The Bertz CT molecular complexity index is 1610. The first-order valence-electron chi connectivity index (χ1n) is 12.0. The van der Waals surface area contributed by atoms with Gasteiger partial charge in [-0.05, 0) is 42.7 Å². The summed E-state index contributed by atoms with van der Waals surface area (Å²) in [6.07, 6.45) is 1.18. The van der Waals surface area contributed by atoms with Crippen LogP contribution in [-0.4, -0.2) is 30.7 Å². The number of sulfonamides is 1. The lowest BCUT2D eigenvalue weighted by molar-refractivity contribution is -0.119. The second-order valence-corrected chi connectivity index (χ2v) is 11.4. The molecule has 39 heavy (non-hydrogen) atoms. The summed E-state index contributed by atoms with van der Waals surface area (Å²) < 4.78 is 30.5. The number of rotatable bonds is 9. The molecule has 0 radical (unpaired) electrons. The third-order valence-electron chi connectivity index (χ3n) is 6.27. The Balaban J connectivity index is 1.55. The lowest BCUT2D eigenvalue weighted by Crippen LogP contribution is -2.33. The number of nitrogens with zero attached hydrogens (tertiary/aromatic N) is 2. The fourth-order valence-corrected chi connectivity index (χ4v) is 5.67. The maximum atomic E-state index is 13.4. The predicted molar refractivity (Wildman–Crippen MR) is 153 cm³/mol. The minimum atomic E-state index is -3.95. The summed E-state index contributed by atoms with van der Waals surface area (Å²) >= 11 is 11.7. The van der Waals surface area contributed by atoms with E-state index in [1.54, 1.807) is 19.1 Å². The minimum Gasteiger partial charge on any atom is -0.324 e. The topological polar surface area (TPSA) is 110 Å². The van der Waals surface area contributed by atoms with Gasteiger partial charge in [0.25, 0.3) is 5.56 Å². The molecule has 0 saturated carbocycles. The van der Waals surface area contributed by atoms with Gasteiger partial charge in [-0.25, -0.2) is 17.8 Å². The second kappa shape index (κ2) is 12.1. The molecule has 1 aromatic heterocycles. The van der Waals surface area contributed by atoms with Crippen LogP contribution in [-0.2, 0) is 14.8 Å². The highest BCUT2D eigenvalue weighted by Gasteiger charge is 2.23. The number of hydrogen-bond donors (Lipinski definition) is 2. The molecule has 0 bridgehead atoms. The van der Waals surface area contributed by atoms with E-state index in [4.69, 9.17) is 23.2 Å². The second-order valence-electron chi connectivity index (χ2n) is 8.93. The van der Waals surface area contributed by atoms with E-state index in [0.29, 0.717) is 5.56 Å². The lowest BCUT2D eigenvalue weighted by Gasteiger charge is -2.20. The van der Waals surface area contributed by atoms with E-state index in [9.17, 15) is 18.0 Å². The molecule has 0 saturated heterocycles. The fraction of sp³-hybridized carbons (Fsp3) is 0.179. The molecule has 1 amide bonds.